The molecule has 122 valence electrons. The second-order valence-corrected chi connectivity index (χ2v) is 14.2. The van der Waals surface area contributed by atoms with Crippen LogP contribution in [0.2, 0.25) is 14.4 Å². The van der Waals surface area contributed by atoms with E-state index in [4.69, 9.17) is 58.0 Å². The Morgan fingerprint density at radius 2 is 1.73 bits per heavy atom. The number of halogens is 5. The van der Waals surface area contributed by atoms with Crippen LogP contribution in [0.4, 0.5) is 0 Å². The van der Waals surface area contributed by atoms with Crippen molar-refractivity contribution in [2.75, 3.05) is 10.4 Å². The summed E-state index contributed by atoms with van der Waals surface area (Å²) in [6, 6.07) is 7.59. The van der Waals surface area contributed by atoms with Crippen molar-refractivity contribution < 1.29 is 0 Å². The molecule has 1 aromatic heterocycles. The van der Waals surface area contributed by atoms with E-state index in [2.05, 4.69) is 0 Å². The molecule has 0 fully saturated rings. The first-order chi connectivity index (χ1) is 10.5. The third-order valence-corrected chi connectivity index (χ3v) is 13.6. The minimum absolute atomic E-state index is 0.516. The van der Waals surface area contributed by atoms with Gasteiger partial charge in [-0.3, -0.25) is 0 Å². The number of alkyl halides is 2. The second-order valence-electron chi connectivity index (χ2n) is 4.55. The van der Waals surface area contributed by atoms with Gasteiger partial charge in [0.1, 0.15) is 0 Å². The molecule has 1 heterocycles. The Kier molecular flexibility index (Phi) is 7.90. The summed E-state index contributed by atoms with van der Waals surface area (Å²) in [6.07, 6.45) is 0. The highest BCUT2D eigenvalue weighted by atomic mass is 35.5. The molecule has 0 aliphatic heterocycles. The molecule has 0 aliphatic carbocycles. The molecule has 0 unspecified atom stereocenters. The van der Waals surface area contributed by atoms with Crippen LogP contribution >= 0.6 is 89.2 Å². The number of rotatable bonds is 7. The predicted octanol–water partition coefficient (Wildman–Crippen LogP) is 8.25. The molecule has 0 N–H and O–H groups in total. The third-order valence-electron chi connectivity index (χ3n) is 2.99. The summed E-state index contributed by atoms with van der Waals surface area (Å²) in [7, 11) is 0.511. The zero-order valence-corrected chi connectivity index (χ0v) is 17.6. The Labute approximate surface area is 165 Å². The smallest absolute Gasteiger partial charge is 0.0969 e. The normalized spacial score (nSPS) is 12.6. The van der Waals surface area contributed by atoms with Crippen LogP contribution in [0.1, 0.15) is 11.1 Å². The molecule has 0 atom stereocenters. The topological polar surface area (TPSA) is 0 Å². The quantitative estimate of drug-likeness (QED) is 0.300. The molecule has 0 bridgehead atoms. The van der Waals surface area contributed by atoms with Gasteiger partial charge in [0.25, 0.3) is 0 Å². The molecule has 8 heteroatoms. The van der Waals surface area contributed by atoms with Gasteiger partial charge < -0.3 is 0 Å². The summed E-state index contributed by atoms with van der Waals surface area (Å²) in [6.45, 7) is 0. The van der Waals surface area contributed by atoms with E-state index >= 15 is 0 Å². The lowest BCUT2D eigenvalue weighted by Crippen LogP contribution is -2.04. The molecule has 1 aromatic carbocycles. The Hall–Kier alpha value is 1.07. The molecule has 2 rings (SSSR count). The highest BCUT2D eigenvalue weighted by Crippen LogP contribution is 2.65. The number of benzene rings is 1. The van der Waals surface area contributed by atoms with Crippen LogP contribution in [0.15, 0.2) is 29.6 Å². The van der Waals surface area contributed by atoms with Crippen molar-refractivity contribution in [1.82, 2.24) is 0 Å². The summed E-state index contributed by atoms with van der Waals surface area (Å²) >= 11 is 32.5. The highest BCUT2D eigenvalue weighted by molar-refractivity contribution is 8.94. The largest absolute Gasteiger partial charge is 0.160 e. The van der Waals surface area contributed by atoms with E-state index in [0.29, 0.717) is 20.5 Å². The standard InChI is InChI=1S/C14H13Cl5S3/c15-8-22(9-16,21-6-10-3-4-20-14(10)19)7-11-1-2-12(17)5-13(11)18/h1-5H,6-9H2. The third kappa shape index (κ3) is 5.03. The molecule has 0 nitrogen and oxygen atoms in total. The van der Waals surface area contributed by atoms with Crippen LogP contribution in [0.5, 0.6) is 0 Å². The molecular weight excluding hydrogens is 442 g/mol. The zero-order chi connectivity index (χ0) is 16.2. The lowest BCUT2D eigenvalue weighted by molar-refractivity contribution is 1.40. The Morgan fingerprint density at radius 3 is 2.27 bits per heavy atom. The van der Waals surface area contributed by atoms with E-state index < -0.39 is 9.06 Å². The molecule has 0 saturated heterocycles. The van der Waals surface area contributed by atoms with Crippen LogP contribution in [0.25, 0.3) is 0 Å². The van der Waals surface area contributed by atoms with Gasteiger partial charge in [0.05, 0.1) is 14.8 Å². The molecule has 0 amide bonds. The number of hydrogen-bond acceptors (Lipinski definition) is 2. The maximum Gasteiger partial charge on any atom is 0.0969 e. The molecule has 0 radical (unpaired) electrons. The van der Waals surface area contributed by atoms with Crippen molar-refractivity contribution >= 4 is 89.2 Å². The summed E-state index contributed by atoms with van der Waals surface area (Å²) in [4.78, 5) is 0. The average Bonchev–Trinajstić information content (AvgIpc) is 2.91. The molecule has 0 aliphatic rings. The highest BCUT2D eigenvalue weighted by Gasteiger charge is 2.25. The minimum atomic E-state index is -1.29. The maximum atomic E-state index is 6.29. The van der Waals surface area contributed by atoms with Crippen molar-refractivity contribution in [1.29, 1.82) is 0 Å². The fourth-order valence-corrected chi connectivity index (χ4v) is 9.69. The average molecular weight is 455 g/mol. The van der Waals surface area contributed by atoms with Gasteiger partial charge in [-0.25, -0.2) is 0 Å². The van der Waals surface area contributed by atoms with Gasteiger partial charge in [-0.1, -0.05) is 40.9 Å². The van der Waals surface area contributed by atoms with Gasteiger partial charge in [-0.15, -0.1) is 45.3 Å². The monoisotopic (exact) mass is 452 g/mol. The van der Waals surface area contributed by atoms with Crippen molar-refractivity contribution in [2.45, 2.75) is 11.5 Å². The fourth-order valence-electron chi connectivity index (χ4n) is 1.74. The SMILES string of the molecule is ClCS(CCl)(Cc1ccc(Cl)cc1Cl)SCc1ccsc1Cl. The summed E-state index contributed by atoms with van der Waals surface area (Å²) < 4.78 is 0.828. The van der Waals surface area contributed by atoms with E-state index in [-0.39, 0.29) is 0 Å². The van der Waals surface area contributed by atoms with Crippen molar-refractivity contribution in [3.8, 4) is 0 Å². The van der Waals surface area contributed by atoms with Crippen molar-refractivity contribution in [3.63, 3.8) is 0 Å². The second kappa shape index (κ2) is 8.96. The van der Waals surface area contributed by atoms with E-state index in [1.54, 1.807) is 16.9 Å². The van der Waals surface area contributed by atoms with Gasteiger partial charge in [0.2, 0.25) is 0 Å². The van der Waals surface area contributed by atoms with Crippen LogP contribution in [0, 0.1) is 0 Å². The Bertz CT molecular complexity index is 625. The van der Waals surface area contributed by atoms with Crippen molar-refractivity contribution in [3.05, 3.63) is 55.2 Å². The molecule has 0 spiro atoms. The lowest BCUT2D eigenvalue weighted by Gasteiger charge is -2.35. The first-order valence-corrected chi connectivity index (χ1v) is 12.9. The van der Waals surface area contributed by atoms with E-state index in [0.717, 1.165) is 27.0 Å². The Balaban J connectivity index is 2.15. The van der Waals surface area contributed by atoms with Gasteiger partial charge in [0.15, 0.2) is 0 Å². The fraction of sp³-hybridized carbons (Fsp3) is 0.286. The van der Waals surface area contributed by atoms with Crippen LogP contribution in [-0.4, -0.2) is 10.4 Å². The van der Waals surface area contributed by atoms with E-state index in [1.165, 1.54) is 11.3 Å². The zero-order valence-electron chi connectivity index (χ0n) is 11.3. The van der Waals surface area contributed by atoms with Crippen LogP contribution < -0.4 is 0 Å². The lowest BCUT2D eigenvalue weighted by atomic mass is 10.2. The van der Waals surface area contributed by atoms with Gasteiger partial charge >= 0.3 is 0 Å². The predicted molar refractivity (Wildman–Crippen MR) is 110 cm³/mol. The Morgan fingerprint density at radius 1 is 1.00 bits per heavy atom. The van der Waals surface area contributed by atoms with Gasteiger partial charge in [-0.05, 0) is 34.7 Å². The van der Waals surface area contributed by atoms with Gasteiger partial charge in [-0.2, -0.15) is 9.06 Å². The molecule has 2 aromatic rings. The summed E-state index contributed by atoms with van der Waals surface area (Å²) in [5.74, 6) is 1.57. The molecule has 22 heavy (non-hydrogen) atoms. The first-order valence-electron chi connectivity index (χ1n) is 6.18. The van der Waals surface area contributed by atoms with E-state index in [1.807, 2.05) is 23.6 Å². The van der Waals surface area contributed by atoms with Gasteiger partial charge in [0, 0.05) is 21.6 Å². The minimum Gasteiger partial charge on any atom is -0.160 e. The summed E-state index contributed by atoms with van der Waals surface area (Å²) in [5.41, 5.74) is 2.16. The van der Waals surface area contributed by atoms with Crippen LogP contribution in [-0.2, 0) is 11.5 Å². The van der Waals surface area contributed by atoms with Crippen molar-refractivity contribution in [2.24, 2.45) is 0 Å². The maximum absolute atomic E-state index is 6.29. The molecule has 0 saturated carbocycles. The first kappa shape index (κ1) is 19.4. The molecular formula is C14H13Cl5S3. The van der Waals surface area contributed by atoms with Crippen LogP contribution in [0.3, 0.4) is 0 Å². The number of thiophene rings is 1. The summed E-state index contributed by atoms with van der Waals surface area (Å²) in [5, 5.41) is 4.31. The van der Waals surface area contributed by atoms with E-state index in [9.17, 15) is 0 Å². The number of hydrogen-bond donors (Lipinski definition) is 0.